The van der Waals surface area contributed by atoms with E-state index in [0.29, 0.717) is 31.7 Å². The molecule has 0 radical (unpaired) electrons. The lowest BCUT2D eigenvalue weighted by atomic mass is 9.75. The second-order valence-electron chi connectivity index (χ2n) is 11.0. The first-order valence-corrected chi connectivity index (χ1v) is 14.1. The van der Waals surface area contributed by atoms with E-state index in [9.17, 15) is 9.59 Å². The molecule has 1 saturated heterocycles. The monoisotopic (exact) mass is 504 g/mol. The van der Waals surface area contributed by atoms with Gasteiger partial charge in [0, 0.05) is 24.6 Å². The number of amidine groups is 1. The lowest BCUT2D eigenvalue weighted by Crippen LogP contribution is -2.39. The second-order valence-corrected chi connectivity index (χ2v) is 11.0. The molecule has 7 heteroatoms. The van der Waals surface area contributed by atoms with Crippen molar-refractivity contribution in [3.8, 4) is 0 Å². The number of nitrogens with zero attached hydrogens (tertiary/aromatic N) is 1. The van der Waals surface area contributed by atoms with E-state index in [0.717, 1.165) is 55.6 Å². The maximum Gasteiger partial charge on any atom is 0.249 e. The fourth-order valence-corrected chi connectivity index (χ4v) is 6.23. The Labute approximate surface area is 220 Å². The first-order chi connectivity index (χ1) is 18.0. The molecule has 3 heterocycles. The lowest BCUT2D eigenvalue weighted by molar-refractivity contribution is -0.124. The van der Waals surface area contributed by atoms with Crippen LogP contribution in [0, 0.1) is 5.92 Å². The van der Waals surface area contributed by atoms with Crippen molar-refractivity contribution in [2.45, 2.75) is 89.0 Å². The summed E-state index contributed by atoms with van der Waals surface area (Å²) < 4.78 is 5.52. The predicted molar refractivity (Wildman–Crippen MR) is 148 cm³/mol. The van der Waals surface area contributed by atoms with Crippen LogP contribution < -0.4 is 16.0 Å². The molecule has 2 fully saturated rings. The molecule has 1 aromatic carbocycles. The third kappa shape index (κ3) is 5.82. The van der Waals surface area contributed by atoms with Crippen LogP contribution in [0.2, 0.25) is 0 Å². The molecular formula is C30H40N4O3. The van der Waals surface area contributed by atoms with Gasteiger partial charge in [0.05, 0.1) is 5.41 Å². The molecule has 1 spiro atoms. The maximum absolute atomic E-state index is 13.8. The van der Waals surface area contributed by atoms with Crippen molar-refractivity contribution in [3.63, 3.8) is 0 Å². The van der Waals surface area contributed by atoms with E-state index < -0.39 is 11.5 Å². The van der Waals surface area contributed by atoms with Crippen LogP contribution in [-0.4, -0.2) is 36.9 Å². The molecule has 1 aliphatic carbocycles. The predicted octanol–water partition coefficient (Wildman–Crippen LogP) is 5.60. The fraction of sp³-hybridized carbons (Fsp3) is 0.567. The van der Waals surface area contributed by atoms with Crippen LogP contribution in [0.25, 0.3) is 0 Å². The van der Waals surface area contributed by atoms with Crippen LogP contribution in [0.15, 0.2) is 47.1 Å². The minimum atomic E-state index is -0.509. The average molecular weight is 505 g/mol. The molecule has 5 rings (SSSR count). The van der Waals surface area contributed by atoms with Gasteiger partial charge in [-0.05, 0) is 81.3 Å². The molecule has 7 nitrogen and oxygen atoms in total. The maximum atomic E-state index is 13.8. The number of hydrogen-bond donors (Lipinski definition) is 3. The van der Waals surface area contributed by atoms with Crippen LogP contribution in [0.4, 0.5) is 11.4 Å². The number of anilines is 2. The minimum Gasteiger partial charge on any atom is -0.381 e. The number of hydrogen-bond acceptors (Lipinski definition) is 4. The Morgan fingerprint density at radius 2 is 1.89 bits per heavy atom. The standard InChI is InChI=1S/C30H40N4O3/c1-21-9-7-8-16-31-26(19-21)34-27(22-10-5-3-2-4-6-11-22)28(35)32-23-12-13-24-25(20-23)33-29(36)30(24)14-17-37-18-15-30/h8,12-13,16,19-20,22,27H,2-7,9-11,14-15,17-18H2,1H3,(H,31,34)(H,32,35)(H,33,36)/b16-8-,21-19+. The third-order valence-electron chi connectivity index (χ3n) is 8.41. The van der Waals surface area contributed by atoms with Gasteiger partial charge < -0.3 is 20.7 Å². The quantitative estimate of drug-likeness (QED) is 0.498. The Bertz CT molecular complexity index is 1090. The van der Waals surface area contributed by atoms with Gasteiger partial charge in [0.1, 0.15) is 11.9 Å². The van der Waals surface area contributed by atoms with Crippen LogP contribution in [-0.2, 0) is 19.7 Å². The van der Waals surface area contributed by atoms with Crippen molar-refractivity contribution < 1.29 is 14.3 Å². The molecule has 1 saturated carbocycles. The van der Waals surface area contributed by atoms with Gasteiger partial charge in [-0.25, -0.2) is 0 Å². The van der Waals surface area contributed by atoms with Gasteiger partial charge in [0.2, 0.25) is 11.8 Å². The Morgan fingerprint density at radius 3 is 2.68 bits per heavy atom. The zero-order valence-electron chi connectivity index (χ0n) is 22.0. The molecule has 37 heavy (non-hydrogen) atoms. The number of aliphatic imine (C=N–C) groups is 1. The highest BCUT2D eigenvalue weighted by Gasteiger charge is 2.47. The SMILES string of the molecule is C/C1=C\C(=NC(C(=O)Nc2ccc3c(c2)NC(=O)C32CCOCC2)C2CCCCCCC2)N/C=C\CC1. The van der Waals surface area contributed by atoms with Gasteiger partial charge in [-0.1, -0.05) is 49.8 Å². The Hall–Kier alpha value is -2.93. The number of ether oxygens (including phenoxy) is 1. The van der Waals surface area contributed by atoms with Crippen molar-refractivity contribution >= 4 is 29.0 Å². The molecule has 3 N–H and O–H groups in total. The molecule has 1 unspecified atom stereocenters. The topological polar surface area (TPSA) is 91.8 Å². The summed E-state index contributed by atoms with van der Waals surface area (Å²) in [6.45, 7) is 3.29. The largest absolute Gasteiger partial charge is 0.381 e. The van der Waals surface area contributed by atoms with Crippen LogP contribution in [0.3, 0.4) is 0 Å². The van der Waals surface area contributed by atoms with E-state index in [-0.39, 0.29) is 17.7 Å². The number of fused-ring (bicyclic) bond motifs is 2. The normalized spacial score (nSPS) is 26.4. The highest BCUT2D eigenvalue weighted by Crippen LogP contribution is 2.45. The summed E-state index contributed by atoms with van der Waals surface area (Å²) in [6.07, 6.45) is 17.5. The first-order valence-electron chi connectivity index (χ1n) is 14.1. The summed E-state index contributed by atoms with van der Waals surface area (Å²) in [5.41, 5.74) is 3.25. The molecule has 1 aromatic rings. The van der Waals surface area contributed by atoms with Gasteiger partial charge in [0.15, 0.2) is 0 Å². The van der Waals surface area contributed by atoms with E-state index in [1.165, 1.54) is 24.8 Å². The number of benzene rings is 1. The van der Waals surface area contributed by atoms with Crippen molar-refractivity contribution in [2.75, 3.05) is 23.8 Å². The molecule has 2 amide bonds. The van der Waals surface area contributed by atoms with Gasteiger partial charge in [-0.2, -0.15) is 0 Å². The summed E-state index contributed by atoms with van der Waals surface area (Å²) in [7, 11) is 0. The number of amides is 2. The fourth-order valence-electron chi connectivity index (χ4n) is 6.23. The zero-order chi connectivity index (χ0) is 25.7. The van der Waals surface area contributed by atoms with Crippen LogP contribution in [0.5, 0.6) is 0 Å². The highest BCUT2D eigenvalue weighted by atomic mass is 16.5. The summed E-state index contributed by atoms with van der Waals surface area (Å²) >= 11 is 0. The molecule has 1 atom stereocenters. The molecule has 3 aliphatic heterocycles. The van der Waals surface area contributed by atoms with Crippen molar-refractivity contribution in [1.82, 2.24) is 5.32 Å². The lowest BCUT2D eigenvalue weighted by Gasteiger charge is -2.31. The molecule has 0 aromatic heterocycles. The van der Waals surface area contributed by atoms with Crippen molar-refractivity contribution in [2.24, 2.45) is 10.9 Å². The van der Waals surface area contributed by atoms with E-state index in [1.807, 2.05) is 24.4 Å². The third-order valence-corrected chi connectivity index (χ3v) is 8.41. The average Bonchev–Trinajstić information content (AvgIpc) is 3.11. The highest BCUT2D eigenvalue weighted by molar-refractivity contribution is 6.07. The van der Waals surface area contributed by atoms with Crippen molar-refractivity contribution in [3.05, 3.63) is 47.7 Å². The number of carbonyl (C=O) groups excluding carboxylic acids is 2. The van der Waals surface area contributed by atoms with E-state index >= 15 is 0 Å². The molecule has 198 valence electrons. The Balaban J connectivity index is 1.40. The summed E-state index contributed by atoms with van der Waals surface area (Å²) in [4.78, 5) is 31.7. The Morgan fingerprint density at radius 1 is 1.14 bits per heavy atom. The van der Waals surface area contributed by atoms with Crippen molar-refractivity contribution in [1.29, 1.82) is 0 Å². The van der Waals surface area contributed by atoms with Crippen LogP contribution in [0.1, 0.15) is 83.1 Å². The number of allylic oxidation sites excluding steroid dienone is 2. The molecule has 4 aliphatic rings. The number of rotatable bonds is 4. The first kappa shape index (κ1) is 25.7. The van der Waals surface area contributed by atoms with E-state index in [4.69, 9.17) is 9.73 Å². The summed E-state index contributed by atoms with van der Waals surface area (Å²) in [6, 6.07) is 5.36. The van der Waals surface area contributed by atoms with Gasteiger partial charge >= 0.3 is 0 Å². The van der Waals surface area contributed by atoms with Crippen LogP contribution >= 0.6 is 0 Å². The van der Waals surface area contributed by atoms with E-state index in [1.54, 1.807) is 0 Å². The minimum absolute atomic E-state index is 0.0404. The van der Waals surface area contributed by atoms with Gasteiger partial charge in [-0.3, -0.25) is 14.6 Å². The molecular weight excluding hydrogens is 464 g/mol. The smallest absolute Gasteiger partial charge is 0.249 e. The molecule has 0 bridgehead atoms. The van der Waals surface area contributed by atoms with Gasteiger partial charge in [-0.15, -0.1) is 0 Å². The summed E-state index contributed by atoms with van der Waals surface area (Å²) in [5, 5.41) is 9.51. The Kier molecular flexibility index (Phi) is 8.08. The number of nitrogens with one attached hydrogen (secondary N) is 3. The van der Waals surface area contributed by atoms with Gasteiger partial charge in [0.25, 0.3) is 0 Å². The summed E-state index contributed by atoms with van der Waals surface area (Å²) in [5.74, 6) is 0.913. The van der Waals surface area contributed by atoms with E-state index in [2.05, 4.69) is 35.0 Å². The zero-order valence-corrected chi connectivity index (χ0v) is 22.0. The second kappa shape index (κ2) is 11.6. The number of carbonyl (C=O) groups is 2.